The molecule has 1 N–H and O–H groups in total. The molecule has 1 aliphatic rings. The molecule has 0 radical (unpaired) electrons. The summed E-state index contributed by atoms with van der Waals surface area (Å²) in [5.41, 5.74) is 5.60. The molecule has 0 aromatic heterocycles. The van der Waals surface area contributed by atoms with E-state index in [1.165, 1.54) is 10.5 Å². The van der Waals surface area contributed by atoms with Crippen LogP contribution in [0.2, 0.25) is 0 Å². The van der Waals surface area contributed by atoms with E-state index in [2.05, 4.69) is 36.1 Å². The third-order valence-electron chi connectivity index (χ3n) is 7.19. The Balaban J connectivity index is 1.57. The van der Waals surface area contributed by atoms with Crippen LogP contribution in [0.5, 0.6) is 11.5 Å². The first kappa shape index (κ1) is 28.9. The minimum Gasteiger partial charge on any atom is -0.492 e. The van der Waals surface area contributed by atoms with Gasteiger partial charge in [-0.3, -0.25) is 4.79 Å². The molecule has 0 aliphatic carbocycles. The number of piperidine rings is 1. The Bertz CT molecular complexity index is 1290. The van der Waals surface area contributed by atoms with Crippen LogP contribution in [0.25, 0.3) is 11.1 Å². The highest BCUT2D eigenvalue weighted by atomic mass is 16.5. The number of rotatable bonds is 10. The van der Waals surface area contributed by atoms with Crippen LogP contribution >= 0.6 is 0 Å². The van der Waals surface area contributed by atoms with Crippen molar-refractivity contribution in [3.05, 3.63) is 95.6 Å². The van der Waals surface area contributed by atoms with E-state index in [9.17, 15) is 9.59 Å². The molecule has 7 nitrogen and oxygen atoms in total. The summed E-state index contributed by atoms with van der Waals surface area (Å²) >= 11 is 0. The van der Waals surface area contributed by atoms with E-state index >= 15 is 0 Å². The first-order chi connectivity index (χ1) is 19.4. The number of hydrogen-bond acceptors (Lipinski definition) is 5. The molecule has 0 bridgehead atoms. The van der Waals surface area contributed by atoms with Gasteiger partial charge in [-0.25, -0.2) is 4.79 Å². The standard InChI is InChI=1S/C33H38N2O5/c1-4-30(24-8-6-5-7-9-24)31(25-10-14-28(15-11-25)39-23-22-34(2)3)26-12-16-29(17-13-26)40-32(36)27-18-20-35(21-19-27)33(37)38/h5-17,27H,4,18-23H2,1-3H3,(H,37,38). The maximum atomic E-state index is 12.8. The van der Waals surface area contributed by atoms with Crippen molar-refractivity contribution in [3.63, 3.8) is 0 Å². The minimum atomic E-state index is -0.945. The molecule has 210 valence electrons. The van der Waals surface area contributed by atoms with Gasteiger partial charge in [0.2, 0.25) is 0 Å². The smallest absolute Gasteiger partial charge is 0.407 e. The Morgan fingerprint density at radius 1 is 0.850 bits per heavy atom. The largest absolute Gasteiger partial charge is 0.492 e. The number of carbonyl (C=O) groups is 2. The number of likely N-dealkylation sites (N-methyl/N-ethyl adjacent to an activating group) is 1. The Morgan fingerprint density at radius 3 is 1.95 bits per heavy atom. The zero-order valence-corrected chi connectivity index (χ0v) is 23.5. The van der Waals surface area contributed by atoms with Gasteiger partial charge >= 0.3 is 12.1 Å². The van der Waals surface area contributed by atoms with Crippen molar-refractivity contribution >= 4 is 23.2 Å². The second-order valence-corrected chi connectivity index (χ2v) is 10.2. The van der Waals surface area contributed by atoms with Gasteiger partial charge in [-0.15, -0.1) is 0 Å². The fraction of sp³-hybridized carbons (Fsp3) is 0.333. The molecular formula is C33H38N2O5. The zero-order chi connectivity index (χ0) is 28.5. The third kappa shape index (κ3) is 7.51. The van der Waals surface area contributed by atoms with E-state index in [1.54, 1.807) is 0 Å². The normalized spacial score (nSPS) is 14.6. The summed E-state index contributed by atoms with van der Waals surface area (Å²) < 4.78 is 11.6. The van der Waals surface area contributed by atoms with Crippen LogP contribution in [-0.4, -0.2) is 67.3 Å². The number of nitrogens with zero attached hydrogens (tertiary/aromatic N) is 2. The fourth-order valence-electron chi connectivity index (χ4n) is 4.94. The number of carbonyl (C=O) groups excluding carboxylic acids is 1. The van der Waals surface area contributed by atoms with Crippen molar-refractivity contribution in [3.8, 4) is 11.5 Å². The molecule has 40 heavy (non-hydrogen) atoms. The maximum Gasteiger partial charge on any atom is 0.407 e. The predicted molar refractivity (Wildman–Crippen MR) is 158 cm³/mol. The summed E-state index contributed by atoms with van der Waals surface area (Å²) in [4.78, 5) is 27.3. The first-order valence-corrected chi connectivity index (χ1v) is 13.8. The highest BCUT2D eigenvalue weighted by molar-refractivity contribution is 5.98. The average molecular weight is 543 g/mol. The SMILES string of the molecule is CCC(=C(c1ccc(OCCN(C)C)cc1)c1ccc(OC(=O)C2CCN(C(=O)O)CC2)cc1)c1ccccc1. The lowest BCUT2D eigenvalue weighted by Crippen LogP contribution is -2.40. The van der Waals surface area contributed by atoms with E-state index in [1.807, 2.05) is 68.7 Å². The Labute approximate surface area is 236 Å². The molecule has 0 spiro atoms. The molecular weight excluding hydrogens is 504 g/mol. The minimum absolute atomic E-state index is 0.297. The number of likely N-dealkylation sites (tertiary alicyclic amines) is 1. The molecule has 1 aliphatic heterocycles. The molecule has 0 saturated carbocycles. The highest BCUT2D eigenvalue weighted by Crippen LogP contribution is 2.36. The molecule has 1 heterocycles. The van der Waals surface area contributed by atoms with Crippen molar-refractivity contribution in [2.45, 2.75) is 26.2 Å². The lowest BCUT2D eigenvalue weighted by molar-refractivity contribution is -0.140. The van der Waals surface area contributed by atoms with Crippen LogP contribution in [0.3, 0.4) is 0 Å². The topological polar surface area (TPSA) is 79.3 Å². The number of allylic oxidation sites excluding steroid dienone is 1. The second-order valence-electron chi connectivity index (χ2n) is 10.2. The lowest BCUT2D eigenvalue weighted by Gasteiger charge is -2.28. The molecule has 0 unspecified atom stereocenters. The van der Waals surface area contributed by atoms with Crippen LogP contribution < -0.4 is 9.47 Å². The van der Waals surface area contributed by atoms with Gasteiger partial charge in [-0.2, -0.15) is 0 Å². The Kier molecular flexibility index (Phi) is 9.97. The molecule has 1 fully saturated rings. The van der Waals surface area contributed by atoms with Gasteiger partial charge in [0.1, 0.15) is 18.1 Å². The van der Waals surface area contributed by atoms with Crippen molar-refractivity contribution < 1.29 is 24.2 Å². The molecule has 4 rings (SSSR count). The summed E-state index contributed by atoms with van der Waals surface area (Å²) in [7, 11) is 4.05. The molecule has 7 heteroatoms. The van der Waals surface area contributed by atoms with E-state index in [-0.39, 0.29) is 11.9 Å². The number of amides is 1. The van der Waals surface area contributed by atoms with E-state index in [0.29, 0.717) is 38.3 Å². The van der Waals surface area contributed by atoms with Gasteiger partial charge in [0, 0.05) is 19.6 Å². The van der Waals surface area contributed by atoms with Gasteiger partial charge in [-0.1, -0.05) is 61.5 Å². The van der Waals surface area contributed by atoms with Crippen molar-refractivity contribution in [2.75, 3.05) is 40.3 Å². The van der Waals surface area contributed by atoms with Gasteiger partial charge in [-0.05, 0) is 85.5 Å². The Hall–Kier alpha value is -4.10. The lowest BCUT2D eigenvalue weighted by atomic mass is 9.88. The van der Waals surface area contributed by atoms with Crippen LogP contribution in [-0.2, 0) is 4.79 Å². The van der Waals surface area contributed by atoms with Crippen LogP contribution in [0, 0.1) is 5.92 Å². The maximum absolute atomic E-state index is 12.8. The van der Waals surface area contributed by atoms with Crippen molar-refractivity contribution in [2.24, 2.45) is 5.92 Å². The Morgan fingerprint density at radius 2 is 1.43 bits per heavy atom. The number of esters is 1. The molecule has 3 aromatic rings. The van der Waals surface area contributed by atoms with Gasteiger partial charge in [0.25, 0.3) is 0 Å². The second kappa shape index (κ2) is 13.8. The molecule has 0 atom stereocenters. The van der Waals surface area contributed by atoms with E-state index in [4.69, 9.17) is 14.6 Å². The molecule has 1 amide bonds. The van der Waals surface area contributed by atoms with Crippen LogP contribution in [0.4, 0.5) is 4.79 Å². The average Bonchev–Trinajstić information content (AvgIpc) is 2.97. The summed E-state index contributed by atoms with van der Waals surface area (Å²) in [5.74, 6) is 0.709. The van der Waals surface area contributed by atoms with E-state index < -0.39 is 6.09 Å². The van der Waals surface area contributed by atoms with E-state index in [0.717, 1.165) is 41.0 Å². The third-order valence-corrected chi connectivity index (χ3v) is 7.19. The number of benzene rings is 3. The number of carboxylic acid groups (broad SMARTS) is 1. The first-order valence-electron chi connectivity index (χ1n) is 13.8. The van der Waals surface area contributed by atoms with Crippen molar-refractivity contribution in [1.82, 2.24) is 9.80 Å². The number of ether oxygens (including phenoxy) is 2. The predicted octanol–water partition coefficient (Wildman–Crippen LogP) is 6.29. The summed E-state index contributed by atoms with van der Waals surface area (Å²) in [6.45, 7) is 4.33. The van der Waals surface area contributed by atoms with Crippen LogP contribution in [0.15, 0.2) is 78.9 Å². The monoisotopic (exact) mass is 542 g/mol. The highest BCUT2D eigenvalue weighted by Gasteiger charge is 2.28. The van der Waals surface area contributed by atoms with Gasteiger partial charge in [0.05, 0.1) is 5.92 Å². The van der Waals surface area contributed by atoms with Gasteiger partial charge < -0.3 is 24.4 Å². The van der Waals surface area contributed by atoms with Gasteiger partial charge in [0.15, 0.2) is 0 Å². The fourth-order valence-corrected chi connectivity index (χ4v) is 4.94. The molecule has 1 saturated heterocycles. The molecule has 3 aromatic carbocycles. The summed E-state index contributed by atoms with van der Waals surface area (Å²) in [6.07, 6.45) is 0.843. The van der Waals surface area contributed by atoms with Crippen molar-refractivity contribution in [1.29, 1.82) is 0 Å². The number of hydrogen-bond donors (Lipinski definition) is 1. The summed E-state index contributed by atoms with van der Waals surface area (Å²) in [5, 5.41) is 9.15. The summed E-state index contributed by atoms with van der Waals surface area (Å²) in [6, 6.07) is 26.2. The van der Waals surface area contributed by atoms with Crippen LogP contribution in [0.1, 0.15) is 42.9 Å². The zero-order valence-electron chi connectivity index (χ0n) is 23.5. The quantitative estimate of drug-likeness (QED) is 0.184.